The van der Waals surface area contributed by atoms with Gasteiger partial charge in [0, 0.05) is 0 Å². The predicted molar refractivity (Wildman–Crippen MR) is 101 cm³/mol. The quantitative estimate of drug-likeness (QED) is 0.348. The molecular weight excluding hydrogens is 380 g/mol. The molecule has 4 rings (SSSR count). The van der Waals surface area contributed by atoms with Gasteiger partial charge < -0.3 is 15.0 Å². The minimum atomic E-state index is -1.61. The zero-order chi connectivity index (χ0) is 19.8. The highest BCUT2D eigenvalue weighted by Gasteiger charge is 2.63. The molecule has 0 spiro atoms. The summed E-state index contributed by atoms with van der Waals surface area (Å²) in [4.78, 5) is 38.5. The number of nitrogens with two attached hydrogens (primary N) is 1. The van der Waals surface area contributed by atoms with Crippen LogP contribution in [0.1, 0.15) is 17.2 Å². The van der Waals surface area contributed by atoms with E-state index in [-0.39, 0.29) is 5.75 Å². The van der Waals surface area contributed by atoms with Crippen LogP contribution in [0.25, 0.3) is 0 Å². The molecule has 2 aliphatic rings. The molecule has 2 unspecified atom stereocenters. The lowest BCUT2D eigenvalue weighted by Crippen LogP contribution is -2.79. The lowest BCUT2D eigenvalue weighted by molar-refractivity contribution is -0.169. The zero-order valence-electron chi connectivity index (χ0n) is 14.8. The molecular formula is C20H18N2O5S. The molecule has 8 heteroatoms. The summed E-state index contributed by atoms with van der Waals surface area (Å²) in [5.74, 6) is -2.32. The van der Waals surface area contributed by atoms with Crippen molar-refractivity contribution in [1.82, 2.24) is 4.90 Å². The van der Waals surface area contributed by atoms with Crippen LogP contribution in [0.2, 0.25) is 0 Å². The highest BCUT2D eigenvalue weighted by Crippen LogP contribution is 2.34. The smallest absolute Gasteiger partial charge is 0.338 e. The third-order valence-electron chi connectivity index (χ3n) is 4.92. The maximum Gasteiger partial charge on any atom is 0.338 e. The number of rotatable bonds is 4. The topological polar surface area (TPSA) is 113 Å². The Labute approximate surface area is 164 Å². The molecule has 2 aromatic rings. The molecule has 144 valence electrons. The monoisotopic (exact) mass is 398 g/mol. The Balaban J connectivity index is 1.63. The summed E-state index contributed by atoms with van der Waals surface area (Å²) in [6.07, 6.45) is -0.737. The van der Waals surface area contributed by atoms with Crippen LogP contribution in [0.4, 0.5) is 0 Å². The summed E-state index contributed by atoms with van der Waals surface area (Å²) < 4.78 is 17.8. The first-order valence-electron chi connectivity index (χ1n) is 8.77. The SMILES string of the molecule is N[C@@H]1C(=O)N2C(C(=O)OC(c3ccccc3)c3ccccc3)C(=O)C[S+]([O-])[C@@H]12. The minimum absolute atomic E-state index is 0.316. The molecule has 0 saturated carbocycles. The number of hydrogen-bond donors (Lipinski definition) is 1. The molecule has 0 aliphatic carbocycles. The van der Waals surface area contributed by atoms with Gasteiger partial charge >= 0.3 is 5.97 Å². The number of ketones is 1. The van der Waals surface area contributed by atoms with Crippen LogP contribution < -0.4 is 5.73 Å². The van der Waals surface area contributed by atoms with Crippen molar-refractivity contribution in [2.75, 3.05) is 5.75 Å². The minimum Gasteiger partial charge on any atom is -0.614 e. The lowest BCUT2D eigenvalue weighted by atomic mass is 9.99. The largest absolute Gasteiger partial charge is 0.614 e. The predicted octanol–water partition coefficient (Wildman–Crippen LogP) is 0.515. The van der Waals surface area contributed by atoms with Crippen molar-refractivity contribution >= 4 is 28.8 Å². The number of β-lactam (4-membered cyclic amide) rings is 1. The van der Waals surface area contributed by atoms with E-state index in [2.05, 4.69) is 0 Å². The third kappa shape index (κ3) is 3.09. The van der Waals surface area contributed by atoms with E-state index < -0.39 is 52.4 Å². The van der Waals surface area contributed by atoms with Crippen molar-refractivity contribution < 1.29 is 23.7 Å². The molecule has 0 bridgehead atoms. The summed E-state index contributed by atoms with van der Waals surface area (Å²) in [5.41, 5.74) is 7.18. The van der Waals surface area contributed by atoms with Gasteiger partial charge in [0.2, 0.25) is 11.2 Å². The summed E-state index contributed by atoms with van der Waals surface area (Å²) in [6, 6.07) is 15.9. The lowest BCUT2D eigenvalue weighted by Gasteiger charge is -2.49. The molecule has 2 N–H and O–H groups in total. The summed E-state index contributed by atoms with van der Waals surface area (Å²) >= 11 is -1.61. The molecule has 4 atom stereocenters. The van der Waals surface area contributed by atoms with Crippen LogP contribution in [0.3, 0.4) is 0 Å². The molecule has 2 saturated heterocycles. The first-order chi connectivity index (χ1) is 13.5. The Morgan fingerprint density at radius 3 is 2.14 bits per heavy atom. The van der Waals surface area contributed by atoms with Crippen LogP contribution in [-0.2, 0) is 30.3 Å². The average molecular weight is 398 g/mol. The van der Waals surface area contributed by atoms with E-state index in [0.29, 0.717) is 0 Å². The fourth-order valence-electron chi connectivity index (χ4n) is 3.54. The second-order valence-corrected chi connectivity index (χ2v) is 8.23. The Morgan fingerprint density at radius 1 is 1.07 bits per heavy atom. The normalized spacial score (nSPS) is 26.6. The fourth-order valence-corrected chi connectivity index (χ4v) is 5.08. The Morgan fingerprint density at radius 2 is 1.61 bits per heavy atom. The molecule has 2 fully saturated rings. The van der Waals surface area contributed by atoms with Gasteiger partial charge in [-0.05, 0) is 22.3 Å². The van der Waals surface area contributed by atoms with E-state index in [1.807, 2.05) is 60.7 Å². The number of esters is 1. The maximum absolute atomic E-state index is 12.9. The van der Waals surface area contributed by atoms with Crippen LogP contribution in [0, 0.1) is 0 Å². The number of benzene rings is 2. The molecule has 28 heavy (non-hydrogen) atoms. The number of fused-ring (bicyclic) bond motifs is 1. The van der Waals surface area contributed by atoms with Crippen molar-refractivity contribution in [2.24, 2.45) is 5.73 Å². The molecule has 2 aromatic carbocycles. The van der Waals surface area contributed by atoms with Gasteiger partial charge in [0.25, 0.3) is 5.91 Å². The Bertz CT molecular complexity index is 868. The average Bonchev–Trinajstić information content (AvgIpc) is 2.72. The first kappa shape index (κ1) is 18.7. The maximum atomic E-state index is 12.9. The van der Waals surface area contributed by atoms with E-state index in [1.165, 1.54) is 0 Å². The highest BCUT2D eigenvalue weighted by molar-refractivity contribution is 7.93. The Kier molecular flexibility index (Phi) is 4.92. The standard InChI is InChI=1S/C20H18N2O5S/c21-15-18(24)22-16(14(23)11-28(26)19(15)22)20(25)27-17(12-7-3-1-4-8-12)13-9-5-2-6-10-13/h1-10,15-17,19H,11,21H2/t15-,16?,19+,28?/m1/s1. The van der Waals surface area contributed by atoms with Gasteiger partial charge in [-0.2, -0.15) is 0 Å². The van der Waals surface area contributed by atoms with Gasteiger partial charge in [-0.3, -0.25) is 14.5 Å². The molecule has 0 radical (unpaired) electrons. The van der Waals surface area contributed by atoms with E-state index in [4.69, 9.17) is 10.5 Å². The van der Waals surface area contributed by atoms with Crippen LogP contribution in [0.5, 0.6) is 0 Å². The van der Waals surface area contributed by atoms with E-state index in [0.717, 1.165) is 16.0 Å². The number of ether oxygens (including phenoxy) is 1. The van der Waals surface area contributed by atoms with Crippen molar-refractivity contribution in [3.05, 3.63) is 71.8 Å². The number of carbonyl (C=O) groups is 3. The molecule has 7 nitrogen and oxygen atoms in total. The Hall–Kier alpha value is -2.68. The van der Waals surface area contributed by atoms with Crippen molar-refractivity contribution in [3.8, 4) is 0 Å². The van der Waals surface area contributed by atoms with Crippen LogP contribution in [-0.4, -0.2) is 50.3 Å². The van der Waals surface area contributed by atoms with Gasteiger partial charge in [0.05, 0.1) is 0 Å². The van der Waals surface area contributed by atoms with Crippen molar-refractivity contribution in [2.45, 2.75) is 23.6 Å². The van der Waals surface area contributed by atoms with Gasteiger partial charge in [-0.25, -0.2) is 4.79 Å². The summed E-state index contributed by atoms with van der Waals surface area (Å²) in [6.45, 7) is 0. The van der Waals surface area contributed by atoms with Gasteiger partial charge in [0.15, 0.2) is 23.9 Å². The second-order valence-electron chi connectivity index (χ2n) is 6.69. The highest BCUT2D eigenvalue weighted by atomic mass is 32.2. The zero-order valence-corrected chi connectivity index (χ0v) is 15.6. The summed E-state index contributed by atoms with van der Waals surface area (Å²) in [7, 11) is 0. The number of nitrogens with zero attached hydrogens (tertiary/aromatic N) is 1. The molecule has 2 aliphatic heterocycles. The van der Waals surface area contributed by atoms with Crippen molar-refractivity contribution in [3.63, 3.8) is 0 Å². The van der Waals surface area contributed by atoms with Gasteiger partial charge in [0.1, 0.15) is 0 Å². The number of carbonyl (C=O) groups excluding carboxylic acids is 3. The summed E-state index contributed by atoms with van der Waals surface area (Å²) in [5, 5.41) is -0.824. The van der Waals surface area contributed by atoms with Crippen LogP contribution >= 0.6 is 0 Å². The molecule has 0 aromatic heterocycles. The van der Waals surface area contributed by atoms with Crippen molar-refractivity contribution in [1.29, 1.82) is 0 Å². The third-order valence-corrected chi connectivity index (χ3v) is 6.55. The molecule has 1 amide bonds. The fraction of sp³-hybridized carbons (Fsp3) is 0.250. The van der Waals surface area contributed by atoms with Gasteiger partial charge in [-0.1, -0.05) is 60.7 Å². The van der Waals surface area contributed by atoms with E-state index >= 15 is 0 Å². The first-order valence-corrected chi connectivity index (χ1v) is 10.2. The van der Waals surface area contributed by atoms with E-state index in [1.54, 1.807) is 0 Å². The van der Waals surface area contributed by atoms with E-state index in [9.17, 15) is 18.9 Å². The molecule has 2 heterocycles. The second kappa shape index (κ2) is 7.38. The number of hydrogen-bond acceptors (Lipinski definition) is 6. The number of Topliss-reactive ketones (excluding diaryl/α,β-unsaturated/α-hetero) is 1. The van der Waals surface area contributed by atoms with Crippen LogP contribution in [0.15, 0.2) is 60.7 Å². The number of amides is 1. The van der Waals surface area contributed by atoms with Gasteiger partial charge in [-0.15, -0.1) is 0 Å².